The highest BCUT2D eigenvalue weighted by Crippen LogP contribution is 2.48. The lowest BCUT2D eigenvalue weighted by molar-refractivity contribution is 0.273. The molecule has 1 fully saturated rings. The molecule has 0 aliphatic heterocycles. The van der Waals surface area contributed by atoms with Gasteiger partial charge in [0.05, 0.1) is 11.0 Å². The van der Waals surface area contributed by atoms with Crippen molar-refractivity contribution in [3.05, 3.63) is 64.4 Å². The van der Waals surface area contributed by atoms with Gasteiger partial charge in [0.2, 0.25) is 0 Å². The second-order valence-electron chi connectivity index (χ2n) is 5.89. The Morgan fingerprint density at radius 3 is 2.57 bits per heavy atom. The molecule has 0 spiro atoms. The first-order chi connectivity index (χ1) is 11.2. The summed E-state index contributed by atoms with van der Waals surface area (Å²) in [7, 11) is 0. The van der Waals surface area contributed by atoms with Crippen molar-refractivity contribution in [2.24, 2.45) is 0 Å². The molecule has 2 aromatic carbocycles. The third-order valence-electron chi connectivity index (χ3n) is 4.58. The fourth-order valence-electron chi connectivity index (χ4n) is 3.14. The molecule has 1 aromatic heterocycles. The van der Waals surface area contributed by atoms with Crippen molar-refractivity contribution < 1.29 is 9.63 Å². The predicted molar refractivity (Wildman–Crippen MR) is 90.2 cm³/mol. The van der Waals surface area contributed by atoms with Crippen molar-refractivity contribution in [1.29, 1.82) is 0 Å². The zero-order valence-electron chi connectivity index (χ0n) is 12.4. The van der Waals surface area contributed by atoms with E-state index in [1.165, 1.54) is 5.56 Å². The standard InChI is InChI=1S/C18H15BrN2O2/c19-13-7-8-15(22)14(11-13)16-20-17(21-23-16)18(9-4-10-18)12-5-2-1-3-6-12/h1-3,5-8,11,22H,4,9-10H2. The van der Waals surface area contributed by atoms with Crippen LogP contribution in [0.3, 0.4) is 0 Å². The summed E-state index contributed by atoms with van der Waals surface area (Å²) >= 11 is 3.40. The number of rotatable bonds is 3. The van der Waals surface area contributed by atoms with E-state index in [2.05, 4.69) is 38.2 Å². The molecule has 3 aromatic rings. The van der Waals surface area contributed by atoms with Crippen LogP contribution in [-0.2, 0) is 5.41 Å². The number of hydrogen-bond acceptors (Lipinski definition) is 4. The average molecular weight is 371 g/mol. The molecule has 23 heavy (non-hydrogen) atoms. The van der Waals surface area contributed by atoms with Gasteiger partial charge in [0.15, 0.2) is 5.82 Å². The van der Waals surface area contributed by atoms with E-state index in [0.29, 0.717) is 17.3 Å². The Hall–Kier alpha value is -2.14. The summed E-state index contributed by atoms with van der Waals surface area (Å²) in [6.45, 7) is 0. The lowest BCUT2D eigenvalue weighted by atomic mass is 9.64. The van der Waals surface area contributed by atoms with Gasteiger partial charge in [-0.3, -0.25) is 0 Å². The van der Waals surface area contributed by atoms with Crippen molar-refractivity contribution in [2.45, 2.75) is 24.7 Å². The maximum atomic E-state index is 10.0. The van der Waals surface area contributed by atoms with E-state index in [1.807, 2.05) is 18.2 Å². The lowest BCUT2D eigenvalue weighted by Gasteiger charge is -2.39. The lowest BCUT2D eigenvalue weighted by Crippen LogP contribution is -2.36. The summed E-state index contributed by atoms with van der Waals surface area (Å²) in [5.74, 6) is 1.18. The predicted octanol–water partition coefficient (Wildman–Crippen LogP) is 4.67. The molecule has 0 atom stereocenters. The monoisotopic (exact) mass is 370 g/mol. The quantitative estimate of drug-likeness (QED) is 0.727. The van der Waals surface area contributed by atoms with Gasteiger partial charge in [-0.15, -0.1) is 0 Å². The number of aromatic hydroxyl groups is 1. The molecule has 1 heterocycles. The van der Waals surface area contributed by atoms with Crippen molar-refractivity contribution in [3.8, 4) is 17.2 Å². The van der Waals surface area contributed by atoms with Crippen LogP contribution in [0, 0.1) is 0 Å². The first kappa shape index (κ1) is 14.5. The normalized spacial score (nSPS) is 16.0. The fourth-order valence-corrected chi connectivity index (χ4v) is 3.50. The van der Waals surface area contributed by atoms with E-state index in [4.69, 9.17) is 4.52 Å². The van der Waals surface area contributed by atoms with Gasteiger partial charge in [0.25, 0.3) is 5.89 Å². The van der Waals surface area contributed by atoms with Crippen LogP contribution < -0.4 is 0 Å². The number of aromatic nitrogens is 2. The molecule has 116 valence electrons. The third-order valence-corrected chi connectivity index (χ3v) is 5.07. The van der Waals surface area contributed by atoms with Crippen LogP contribution in [0.4, 0.5) is 0 Å². The van der Waals surface area contributed by atoms with Gasteiger partial charge in [-0.25, -0.2) is 0 Å². The van der Waals surface area contributed by atoms with Crippen molar-refractivity contribution in [3.63, 3.8) is 0 Å². The molecule has 0 saturated heterocycles. The van der Waals surface area contributed by atoms with Crippen LogP contribution in [0.5, 0.6) is 5.75 Å². The first-order valence-electron chi connectivity index (χ1n) is 7.58. The Bertz CT molecular complexity index is 841. The molecule has 4 nitrogen and oxygen atoms in total. The average Bonchev–Trinajstić information content (AvgIpc) is 3.00. The molecule has 1 N–H and O–H groups in total. The van der Waals surface area contributed by atoms with Crippen LogP contribution in [0.2, 0.25) is 0 Å². The van der Waals surface area contributed by atoms with Crippen LogP contribution in [-0.4, -0.2) is 15.2 Å². The highest BCUT2D eigenvalue weighted by Gasteiger charge is 2.44. The summed E-state index contributed by atoms with van der Waals surface area (Å²) in [5.41, 5.74) is 1.60. The molecule has 0 bridgehead atoms. The highest BCUT2D eigenvalue weighted by atomic mass is 79.9. The van der Waals surface area contributed by atoms with Crippen LogP contribution in [0.1, 0.15) is 30.7 Å². The van der Waals surface area contributed by atoms with Crippen molar-refractivity contribution in [2.75, 3.05) is 0 Å². The maximum Gasteiger partial charge on any atom is 0.261 e. The number of phenols is 1. The Balaban J connectivity index is 1.77. The van der Waals surface area contributed by atoms with Gasteiger partial charge in [0, 0.05) is 4.47 Å². The summed E-state index contributed by atoms with van der Waals surface area (Å²) < 4.78 is 6.30. The molecular formula is C18H15BrN2O2. The highest BCUT2D eigenvalue weighted by molar-refractivity contribution is 9.10. The fraction of sp³-hybridized carbons (Fsp3) is 0.222. The Kier molecular flexibility index (Phi) is 3.45. The second kappa shape index (κ2) is 5.49. The minimum Gasteiger partial charge on any atom is -0.507 e. The molecule has 0 unspecified atom stereocenters. The van der Waals surface area contributed by atoms with Gasteiger partial charge in [0.1, 0.15) is 5.75 Å². The number of nitrogens with zero attached hydrogens (tertiary/aromatic N) is 2. The van der Waals surface area contributed by atoms with Gasteiger partial charge >= 0.3 is 0 Å². The molecule has 1 saturated carbocycles. The number of phenolic OH excluding ortho intramolecular Hbond substituents is 1. The zero-order valence-corrected chi connectivity index (χ0v) is 14.0. The topological polar surface area (TPSA) is 59.2 Å². The number of benzene rings is 2. The van der Waals surface area contributed by atoms with E-state index in [-0.39, 0.29) is 11.2 Å². The summed E-state index contributed by atoms with van der Waals surface area (Å²) in [6, 6.07) is 15.5. The molecule has 5 heteroatoms. The van der Waals surface area contributed by atoms with E-state index >= 15 is 0 Å². The smallest absolute Gasteiger partial charge is 0.261 e. The molecule has 1 aliphatic rings. The van der Waals surface area contributed by atoms with Gasteiger partial charge in [-0.2, -0.15) is 4.98 Å². The summed E-state index contributed by atoms with van der Waals surface area (Å²) in [5, 5.41) is 14.3. The Morgan fingerprint density at radius 2 is 1.87 bits per heavy atom. The molecule has 1 aliphatic carbocycles. The summed E-state index contributed by atoms with van der Waals surface area (Å²) in [4.78, 5) is 4.59. The second-order valence-corrected chi connectivity index (χ2v) is 6.80. The largest absolute Gasteiger partial charge is 0.507 e. The Morgan fingerprint density at radius 1 is 1.09 bits per heavy atom. The number of halogens is 1. The van der Waals surface area contributed by atoms with Crippen molar-refractivity contribution >= 4 is 15.9 Å². The van der Waals surface area contributed by atoms with E-state index < -0.39 is 0 Å². The van der Waals surface area contributed by atoms with Crippen LogP contribution in [0.15, 0.2) is 57.5 Å². The minimum atomic E-state index is -0.162. The van der Waals surface area contributed by atoms with Gasteiger partial charge < -0.3 is 9.63 Å². The SMILES string of the molecule is Oc1ccc(Br)cc1-c1nc(C2(c3ccccc3)CCC2)no1. The Labute approximate surface area is 142 Å². The van der Waals surface area contributed by atoms with Crippen LogP contribution >= 0.6 is 15.9 Å². The van der Waals surface area contributed by atoms with E-state index in [1.54, 1.807) is 18.2 Å². The van der Waals surface area contributed by atoms with E-state index in [0.717, 1.165) is 23.7 Å². The summed E-state index contributed by atoms with van der Waals surface area (Å²) in [6.07, 6.45) is 3.18. The molecule has 4 rings (SSSR count). The first-order valence-corrected chi connectivity index (χ1v) is 8.37. The van der Waals surface area contributed by atoms with E-state index in [9.17, 15) is 5.11 Å². The maximum absolute atomic E-state index is 10.0. The molecular weight excluding hydrogens is 356 g/mol. The number of hydrogen-bond donors (Lipinski definition) is 1. The zero-order chi connectivity index (χ0) is 15.9. The van der Waals surface area contributed by atoms with Crippen molar-refractivity contribution in [1.82, 2.24) is 10.1 Å². The van der Waals surface area contributed by atoms with Crippen LogP contribution in [0.25, 0.3) is 11.5 Å². The van der Waals surface area contributed by atoms with Gasteiger partial charge in [-0.05, 0) is 36.6 Å². The van der Waals surface area contributed by atoms with Gasteiger partial charge in [-0.1, -0.05) is 57.8 Å². The third kappa shape index (κ3) is 2.36. The minimum absolute atomic E-state index is 0.130. The molecule has 0 amide bonds. The molecule has 0 radical (unpaired) electrons.